The Morgan fingerprint density at radius 2 is 2.35 bits per heavy atom. The van der Waals surface area contributed by atoms with E-state index in [1.165, 1.54) is 11.0 Å². The predicted octanol–water partition coefficient (Wildman–Crippen LogP) is 2.04. The molecule has 4 heteroatoms. The molecule has 2 rings (SSSR count). The fourth-order valence-corrected chi connectivity index (χ4v) is 2.11. The molecule has 2 aliphatic rings. The highest BCUT2D eigenvalue weighted by Gasteiger charge is 2.40. The summed E-state index contributed by atoms with van der Waals surface area (Å²) in [5.41, 5.74) is 0. The first-order valence-corrected chi connectivity index (χ1v) is 5.70. The van der Waals surface area contributed by atoms with Crippen LogP contribution in [0.5, 0.6) is 0 Å². The van der Waals surface area contributed by atoms with Crippen molar-refractivity contribution in [2.24, 2.45) is 5.92 Å². The number of hydrogen-bond donors (Lipinski definition) is 0. The number of hydrogen-bond acceptors (Lipinski definition) is 3. The van der Waals surface area contributed by atoms with Crippen molar-refractivity contribution in [3.63, 3.8) is 0 Å². The number of carbonyl (C=O) groups excluding carboxylic acids is 2. The normalized spacial score (nSPS) is 27.8. The molecule has 1 saturated heterocycles. The molecule has 1 heterocycles. The van der Waals surface area contributed by atoms with Crippen LogP contribution < -0.4 is 0 Å². The highest BCUT2D eigenvalue weighted by molar-refractivity contribution is 5.99. The van der Waals surface area contributed by atoms with Crippen LogP contribution in [0.25, 0.3) is 0 Å². The topological polar surface area (TPSA) is 46.6 Å². The fraction of sp³-hybridized carbons (Fsp3) is 0.385. The van der Waals surface area contributed by atoms with Gasteiger partial charge < -0.3 is 4.74 Å². The summed E-state index contributed by atoms with van der Waals surface area (Å²) >= 11 is 0. The molecule has 90 valence electrons. The van der Waals surface area contributed by atoms with Gasteiger partial charge in [0, 0.05) is 5.92 Å². The average molecular weight is 233 g/mol. The lowest BCUT2D eigenvalue weighted by atomic mass is 9.92. The summed E-state index contributed by atoms with van der Waals surface area (Å²) in [6.45, 7) is 2.03. The molecule has 0 N–H and O–H groups in total. The molecule has 2 atom stereocenters. The van der Waals surface area contributed by atoms with Crippen LogP contribution >= 0.6 is 0 Å². The Morgan fingerprint density at radius 1 is 1.53 bits per heavy atom. The van der Waals surface area contributed by atoms with E-state index in [2.05, 4.69) is 0 Å². The monoisotopic (exact) mass is 233 g/mol. The molecular formula is C13H15NO3. The van der Waals surface area contributed by atoms with Gasteiger partial charge >= 0.3 is 6.09 Å². The van der Waals surface area contributed by atoms with Crippen LogP contribution in [-0.4, -0.2) is 29.5 Å². The number of nitrogens with zero attached hydrogens (tertiary/aromatic N) is 1. The number of rotatable bonds is 2. The lowest BCUT2D eigenvalue weighted by Gasteiger charge is -2.25. The molecular weight excluding hydrogens is 218 g/mol. The van der Waals surface area contributed by atoms with Crippen molar-refractivity contribution in [2.75, 3.05) is 6.61 Å². The highest BCUT2D eigenvalue weighted by atomic mass is 16.6. The van der Waals surface area contributed by atoms with Crippen LogP contribution in [0, 0.1) is 5.92 Å². The summed E-state index contributed by atoms with van der Waals surface area (Å²) in [4.78, 5) is 24.6. The third-order valence-corrected chi connectivity index (χ3v) is 2.96. The highest BCUT2D eigenvalue weighted by Crippen LogP contribution is 2.26. The van der Waals surface area contributed by atoms with E-state index in [4.69, 9.17) is 4.74 Å². The van der Waals surface area contributed by atoms with Gasteiger partial charge in [-0.2, -0.15) is 0 Å². The molecule has 0 radical (unpaired) electrons. The lowest BCUT2D eigenvalue weighted by Crippen LogP contribution is -2.42. The van der Waals surface area contributed by atoms with E-state index in [-0.39, 0.29) is 24.5 Å². The first kappa shape index (κ1) is 11.6. The Balaban J connectivity index is 2.16. The lowest BCUT2D eigenvalue weighted by molar-refractivity contribution is -0.124. The number of allylic oxidation sites excluding steroid dienone is 4. The largest absolute Gasteiger partial charge is 0.447 e. The van der Waals surface area contributed by atoms with E-state index in [0.717, 1.165) is 6.42 Å². The minimum absolute atomic E-state index is 0.153. The number of ether oxygens (including phenoxy) is 1. The van der Waals surface area contributed by atoms with Gasteiger partial charge in [-0.05, 0) is 19.4 Å². The molecule has 1 unspecified atom stereocenters. The van der Waals surface area contributed by atoms with E-state index in [1.54, 1.807) is 13.0 Å². The summed E-state index contributed by atoms with van der Waals surface area (Å²) < 4.78 is 4.97. The van der Waals surface area contributed by atoms with Crippen molar-refractivity contribution in [3.8, 4) is 0 Å². The van der Waals surface area contributed by atoms with Crippen LogP contribution in [-0.2, 0) is 9.53 Å². The van der Waals surface area contributed by atoms with Gasteiger partial charge in [-0.15, -0.1) is 0 Å². The zero-order chi connectivity index (χ0) is 12.3. The van der Waals surface area contributed by atoms with Crippen LogP contribution in [0.3, 0.4) is 0 Å². The van der Waals surface area contributed by atoms with Crippen molar-refractivity contribution < 1.29 is 14.3 Å². The second-order valence-electron chi connectivity index (χ2n) is 4.07. The molecule has 17 heavy (non-hydrogen) atoms. The van der Waals surface area contributed by atoms with Crippen LogP contribution in [0.2, 0.25) is 0 Å². The molecule has 1 aliphatic carbocycles. The quantitative estimate of drug-likeness (QED) is 0.686. The van der Waals surface area contributed by atoms with Crippen LogP contribution in [0.1, 0.15) is 13.3 Å². The minimum Gasteiger partial charge on any atom is -0.447 e. The molecule has 0 aromatic heterocycles. The second-order valence-corrected chi connectivity index (χ2v) is 4.07. The van der Waals surface area contributed by atoms with Gasteiger partial charge in [-0.3, -0.25) is 4.79 Å². The molecule has 1 fully saturated rings. The van der Waals surface area contributed by atoms with E-state index < -0.39 is 6.09 Å². The van der Waals surface area contributed by atoms with Crippen molar-refractivity contribution in [3.05, 3.63) is 36.5 Å². The predicted molar refractivity (Wildman–Crippen MR) is 63.2 cm³/mol. The van der Waals surface area contributed by atoms with E-state index in [9.17, 15) is 9.59 Å². The first-order valence-electron chi connectivity index (χ1n) is 5.70. The number of carbonyl (C=O) groups is 2. The first-order chi connectivity index (χ1) is 8.24. The standard InChI is InChI=1S/C13H15NO3/c1-2-6-12(15)14-11(9-17-13(14)16)10-7-4-3-5-8-10/h2-7,10-11H,8-9H2,1H3/b6-2+/t10?,11-/m1/s1. The minimum atomic E-state index is -0.541. The Labute approximate surface area is 100 Å². The molecule has 1 aliphatic heterocycles. The fourth-order valence-electron chi connectivity index (χ4n) is 2.11. The molecule has 0 aromatic rings. The van der Waals surface area contributed by atoms with Gasteiger partial charge in [0.2, 0.25) is 0 Å². The van der Waals surface area contributed by atoms with Crippen molar-refractivity contribution in [1.29, 1.82) is 0 Å². The molecule has 0 aromatic carbocycles. The van der Waals surface area contributed by atoms with E-state index in [0.29, 0.717) is 0 Å². The van der Waals surface area contributed by atoms with Gasteiger partial charge in [0.25, 0.3) is 5.91 Å². The van der Waals surface area contributed by atoms with Gasteiger partial charge in [0.15, 0.2) is 0 Å². The van der Waals surface area contributed by atoms with Gasteiger partial charge in [0.1, 0.15) is 6.61 Å². The zero-order valence-corrected chi connectivity index (χ0v) is 9.70. The molecule has 2 amide bonds. The third kappa shape index (κ3) is 2.30. The SMILES string of the molecule is C/C=C/C(=O)N1C(=O)OC[C@@H]1C1C=CC=CC1. The summed E-state index contributed by atoms with van der Waals surface area (Å²) in [7, 11) is 0. The van der Waals surface area contributed by atoms with E-state index >= 15 is 0 Å². The molecule has 0 spiro atoms. The molecule has 4 nitrogen and oxygen atoms in total. The third-order valence-electron chi connectivity index (χ3n) is 2.96. The number of cyclic esters (lactones) is 1. The van der Waals surface area contributed by atoms with Gasteiger partial charge in [-0.25, -0.2) is 9.69 Å². The molecule has 0 saturated carbocycles. The maximum Gasteiger partial charge on any atom is 0.417 e. The smallest absolute Gasteiger partial charge is 0.417 e. The summed E-state index contributed by atoms with van der Waals surface area (Å²) in [5.74, 6) is -0.149. The average Bonchev–Trinajstić information content (AvgIpc) is 2.73. The Hall–Kier alpha value is -1.84. The summed E-state index contributed by atoms with van der Waals surface area (Å²) in [6, 6.07) is -0.188. The van der Waals surface area contributed by atoms with Crippen molar-refractivity contribution in [2.45, 2.75) is 19.4 Å². The van der Waals surface area contributed by atoms with Crippen LogP contribution in [0.15, 0.2) is 36.5 Å². The van der Waals surface area contributed by atoms with Crippen LogP contribution in [0.4, 0.5) is 4.79 Å². The van der Waals surface area contributed by atoms with Gasteiger partial charge in [0.05, 0.1) is 6.04 Å². The Kier molecular flexibility index (Phi) is 3.42. The van der Waals surface area contributed by atoms with E-state index in [1.807, 2.05) is 24.3 Å². The van der Waals surface area contributed by atoms with Crippen molar-refractivity contribution >= 4 is 12.0 Å². The van der Waals surface area contributed by atoms with Crippen molar-refractivity contribution in [1.82, 2.24) is 4.90 Å². The molecule has 0 bridgehead atoms. The zero-order valence-electron chi connectivity index (χ0n) is 9.70. The van der Waals surface area contributed by atoms with Gasteiger partial charge in [-0.1, -0.05) is 30.4 Å². The summed E-state index contributed by atoms with van der Waals surface area (Å²) in [5, 5.41) is 0. The number of amides is 2. The maximum atomic E-state index is 11.8. The maximum absolute atomic E-state index is 11.8. The Bertz CT molecular complexity index is 409. The summed E-state index contributed by atoms with van der Waals surface area (Å²) in [6.07, 6.45) is 11.3. The second kappa shape index (κ2) is 4.99. The number of imide groups is 1. The Morgan fingerprint density at radius 3 is 3.00 bits per heavy atom.